The predicted molar refractivity (Wildman–Crippen MR) is 95.5 cm³/mol. The van der Waals surface area contributed by atoms with E-state index in [1.165, 1.54) is 0 Å². The van der Waals surface area contributed by atoms with Crippen LogP contribution in [0.5, 0.6) is 0 Å². The van der Waals surface area contributed by atoms with Crippen LogP contribution in [0.1, 0.15) is 38.7 Å². The van der Waals surface area contributed by atoms with E-state index < -0.39 is 0 Å². The summed E-state index contributed by atoms with van der Waals surface area (Å²) >= 11 is 0. The third kappa shape index (κ3) is 5.23. The summed E-state index contributed by atoms with van der Waals surface area (Å²) in [6, 6.07) is 7.34. The molecule has 1 fully saturated rings. The Morgan fingerprint density at radius 3 is 2.54 bits per heavy atom. The zero-order chi connectivity index (χ0) is 17.5. The monoisotopic (exact) mass is 332 g/mol. The molecular formula is C18H28N4O2. The first-order valence-corrected chi connectivity index (χ1v) is 8.64. The van der Waals surface area contributed by atoms with Crippen molar-refractivity contribution < 1.29 is 9.59 Å². The predicted octanol–water partition coefficient (Wildman–Crippen LogP) is 2.21. The number of amides is 3. The molecule has 24 heavy (non-hydrogen) atoms. The lowest BCUT2D eigenvalue weighted by atomic mass is 9.95. The molecule has 6 heteroatoms. The van der Waals surface area contributed by atoms with Gasteiger partial charge in [0.15, 0.2) is 0 Å². The molecule has 0 bridgehead atoms. The largest absolute Gasteiger partial charge is 0.352 e. The summed E-state index contributed by atoms with van der Waals surface area (Å²) in [6.07, 6.45) is 3.06. The maximum absolute atomic E-state index is 12.3. The van der Waals surface area contributed by atoms with E-state index in [0.717, 1.165) is 30.5 Å². The molecule has 0 radical (unpaired) electrons. The number of nitrogens with one attached hydrogen (secondary N) is 3. The lowest BCUT2D eigenvalue weighted by molar-refractivity contribution is -0.126. The Balaban J connectivity index is 1.81. The minimum atomic E-state index is -0.222. The number of hydrogen-bond acceptors (Lipinski definition) is 3. The van der Waals surface area contributed by atoms with Gasteiger partial charge in [0.05, 0.1) is 0 Å². The standard InChI is InChI=1S/C18H28N4O2/c1-12(2)21-18(24)22-15-8-6-13(7-9-15)11-20-17(23)16-5-3-4-14(16)10-19/h6-9,12,14,16H,3-5,10-11,19H2,1-2H3,(H,20,23)(H2,21,22,24)/t14-,16-/m1/s1. The summed E-state index contributed by atoms with van der Waals surface area (Å²) in [5.41, 5.74) is 7.46. The first-order valence-electron chi connectivity index (χ1n) is 8.64. The summed E-state index contributed by atoms with van der Waals surface area (Å²) in [6.45, 7) is 4.89. The van der Waals surface area contributed by atoms with Gasteiger partial charge in [-0.2, -0.15) is 0 Å². The number of anilines is 1. The molecule has 0 saturated heterocycles. The molecule has 0 aliphatic heterocycles. The molecule has 2 rings (SSSR count). The summed E-state index contributed by atoms with van der Waals surface area (Å²) in [5.74, 6) is 0.466. The summed E-state index contributed by atoms with van der Waals surface area (Å²) in [5, 5.41) is 8.54. The van der Waals surface area contributed by atoms with Crippen LogP contribution in [0.2, 0.25) is 0 Å². The van der Waals surface area contributed by atoms with Crippen molar-refractivity contribution >= 4 is 17.6 Å². The molecule has 0 unspecified atom stereocenters. The van der Waals surface area contributed by atoms with Gasteiger partial charge < -0.3 is 21.7 Å². The van der Waals surface area contributed by atoms with Crippen molar-refractivity contribution in [2.45, 2.75) is 45.7 Å². The number of benzene rings is 1. The van der Waals surface area contributed by atoms with Gasteiger partial charge in [-0.25, -0.2) is 4.79 Å². The van der Waals surface area contributed by atoms with Crippen LogP contribution in [-0.2, 0) is 11.3 Å². The third-order valence-corrected chi connectivity index (χ3v) is 4.40. The van der Waals surface area contributed by atoms with Crippen molar-refractivity contribution in [2.24, 2.45) is 17.6 Å². The van der Waals surface area contributed by atoms with Crippen molar-refractivity contribution in [3.63, 3.8) is 0 Å². The second kappa shape index (κ2) is 8.68. The number of urea groups is 1. The van der Waals surface area contributed by atoms with Gasteiger partial charge >= 0.3 is 6.03 Å². The topological polar surface area (TPSA) is 96.2 Å². The van der Waals surface area contributed by atoms with Gasteiger partial charge in [0, 0.05) is 24.2 Å². The second-order valence-electron chi connectivity index (χ2n) is 6.70. The van der Waals surface area contributed by atoms with Crippen molar-refractivity contribution in [1.29, 1.82) is 0 Å². The highest BCUT2D eigenvalue weighted by molar-refractivity contribution is 5.89. The molecule has 2 atom stereocenters. The number of hydrogen-bond donors (Lipinski definition) is 4. The van der Waals surface area contributed by atoms with Crippen LogP contribution in [0.4, 0.5) is 10.5 Å². The van der Waals surface area contributed by atoms with Crippen molar-refractivity contribution in [1.82, 2.24) is 10.6 Å². The number of nitrogens with two attached hydrogens (primary N) is 1. The van der Waals surface area contributed by atoms with Crippen LogP contribution in [0.3, 0.4) is 0 Å². The Morgan fingerprint density at radius 1 is 1.21 bits per heavy atom. The fourth-order valence-electron chi connectivity index (χ4n) is 3.12. The van der Waals surface area contributed by atoms with E-state index in [1.54, 1.807) is 0 Å². The van der Waals surface area contributed by atoms with Crippen LogP contribution in [0.25, 0.3) is 0 Å². The zero-order valence-corrected chi connectivity index (χ0v) is 14.5. The Hall–Kier alpha value is -2.08. The van der Waals surface area contributed by atoms with Gasteiger partial charge in [-0.3, -0.25) is 4.79 Å². The average Bonchev–Trinajstić information content (AvgIpc) is 3.01. The van der Waals surface area contributed by atoms with E-state index >= 15 is 0 Å². The quantitative estimate of drug-likeness (QED) is 0.643. The van der Waals surface area contributed by atoms with Crippen LogP contribution in [0, 0.1) is 11.8 Å². The first-order chi connectivity index (χ1) is 11.5. The molecule has 6 nitrogen and oxygen atoms in total. The minimum Gasteiger partial charge on any atom is -0.352 e. The molecule has 1 aromatic carbocycles. The molecule has 1 aliphatic carbocycles. The van der Waals surface area contributed by atoms with Crippen molar-refractivity contribution in [3.05, 3.63) is 29.8 Å². The fourth-order valence-corrected chi connectivity index (χ4v) is 3.12. The highest BCUT2D eigenvalue weighted by atomic mass is 16.2. The normalized spacial score (nSPS) is 20.0. The molecule has 5 N–H and O–H groups in total. The Morgan fingerprint density at radius 2 is 1.92 bits per heavy atom. The summed E-state index contributed by atoms with van der Waals surface area (Å²) in [4.78, 5) is 23.9. The van der Waals surface area contributed by atoms with Crippen LogP contribution in [0.15, 0.2) is 24.3 Å². The van der Waals surface area contributed by atoms with E-state index in [1.807, 2.05) is 38.1 Å². The summed E-state index contributed by atoms with van der Waals surface area (Å²) < 4.78 is 0. The maximum atomic E-state index is 12.3. The fraction of sp³-hybridized carbons (Fsp3) is 0.556. The Labute approximate surface area is 143 Å². The van der Waals surface area contributed by atoms with Gasteiger partial charge in [-0.1, -0.05) is 18.6 Å². The highest BCUT2D eigenvalue weighted by Crippen LogP contribution is 2.30. The van der Waals surface area contributed by atoms with Crippen LogP contribution < -0.4 is 21.7 Å². The van der Waals surface area contributed by atoms with Crippen molar-refractivity contribution in [2.75, 3.05) is 11.9 Å². The van der Waals surface area contributed by atoms with Crippen LogP contribution in [-0.4, -0.2) is 24.5 Å². The minimum absolute atomic E-state index is 0.0515. The summed E-state index contributed by atoms with van der Waals surface area (Å²) in [7, 11) is 0. The van der Waals surface area contributed by atoms with Crippen molar-refractivity contribution in [3.8, 4) is 0 Å². The van der Waals surface area contributed by atoms with E-state index in [4.69, 9.17) is 5.73 Å². The molecule has 1 aliphatic rings. The molecule has 1 saturated carbocycles. The Bertz CT molecular complexity index is 557. The lowest BCUT2D eigenvalue weighted by Crippen LogP contribution is -2.34. The lowest BCUT2D eigenvalue weighted by Gasteiger charge is -2.17. The molecule has 0 aromatic heterocycles. The van der Waals surface area contributed by atoms with Gasteiger partial charge in [0.1, 0.15) is 0 Å². The van der Waals surface area contributed by atoms with Gasteiger partial charge in [0.2, 0.25) is 5.91 Å². The average molecular weight is 332 g/mol. The maximum Gasteiger partial charge on any atom is 0.319 e. The van der Waals surface area contributed by atoms with Gasteiger partial charge in [-0.05, 0) is 56.8 Å². The van der Waals surface area contributed by atoms with E-state index in [2.05, 4.69) is 16.0 Å². The van der Waals surface area contributed by atoms with Crippen LogP contribution >= 0.6 is 0 Å². The zero-order valence-electron chi connectivity index (χ0n) is 14.5. The van der Waals surface area contributed by atoms with Gasteiger partial charge in [0.25, 0.3) is 0 Å². The molecule has 132 valence electrons. The highest BCUT2D eigenvalue weighted by Gasteiger charge is 2.31. The second-order valence-corrected chi connectivity index (χ2v) is 6.70. The van der Waals surface area contributed by atoms with Gasteiger partial charge in [-0.15, -0.1) is 0 Å². The van der Waals surface area contributed by atoms with E-state index in [9.17, 15) is 9.59 Å². The van der Waals surface area contributed by atoms with E-state index in [-0.39, 0.29) is 23.9 Å². The molecule has 0 spiro atoms. The molecule has 0 heterocycles. The molecule has 3 amide bonds. The van der Waals surface area contributed by atoms with E-state index in [0.29, 0.717) is 19.0 Å². The SMILES string of the molecule is CC(C)NC(=O)Nc1ccc(CNC(=O)[C@@H]2CCC[C@@H]2CN)cc1. The number of carbonyl (C=O) groups is 2. The molecular weight excluding hydrogens is 304 g/mol. The number of rotatable bonds is 6. The number of carbonyl (C=O) groups excluding carboxylic acids is 2. The Kier molecular flexibility index (Phi) is 6.61. The third-order valence-electron chi connectivity index (χ3n) is 4.40. The molecule has 1 aromatic rings. The first kappa shape index (κ1) is 18.3. The smallest absolute Gasteiger partial charge is 0.319 e.